The van der Waals surface area contributed by atoms with E-state index in [1.54, 1.807) is 0 Å². The van der Waals surface area contributed by atoms with E-state index in [-0.39, 0.29) is 0 Å². The minimum absolute atomic E-state index is 0.578. The van der Waals surface area contributed by atoms with Gasteiger partial charge in [-0.3, -0.25) is 0 Å². The lowest BCUT2D eigenvalue weighted by Gasteiger charge is -2.16. The first-order valence-corrected chi connectivity index (χ1v) is 10.4. The average molecular weight is 274 g/mol. The van der Waals surface area contributed by atoms with Crippen molar-refractivity contribution in [2.45, 2.75) is 32.4 Å². The summed E-state index contributed by atoms with van der Waals surface area (Å²) in [4.78, 5) is 4.41. The molecule has 0 saturated heterocycles. The van der Waals surface area contributed by atoms with E-state index in [4.69, 9.17) is 4.74 Å². The van der Waals surface area contributed by atoms with Gasteiger partial charge < -0.3 is 9.30 Å². The highest BCUT2D eigenvalue weighted by Crippen LogP contribution is 2.17. The van der Waals surface area contributed by atoms with E-state index >= 15 is 0 Å². The van der Waals surface area contributed by atoms with Crippen molar-refractivity contribution in [1.29, 1.82) is 0 Å². The van der Waals surface area contributed by atoms with Gasteiger partial charge in [0, 0.05) is 32.6 Å². The van der Waals surface area contributed by atoms with Crippen molar-refractivity contribution in [3.63, 3.8) is 0 Å². The van der Waals surface area contributed by atoms with Crippen LogP contribution in [0.4, 0.5) is 0 Å². The zero-order valence-electron chi connectivity index (χ0n) is 12.0. The zero-order valence-corrected chi connectivity index (χ0v) is 13.0. The van der Waals surface area contributed by atoms with Crippen molar-refractivity contribution in [3.8, 4) is 11.4 Å². The molecule has 2 rings (SSSR count). The summed E-state index contributed by atoms with van der Waals surface area (Å²) in [6.07, 6.45) is 3.79. The van der Waals surface area contributed by atoms with Crippen molar-refractivity contribution >= 4 is 8.07 Å². The summed E-state index contributed by atoms with van der Waals surface area (Å²) < 4.78 is 7.83. The van der Waals surface area contributed by atoms with Crippen LogP contribution in [0, 0.1) is 0 Å². The van der Waals surface area contributed by atoms with Gasteiger partial charge in [0.25, 0.3) is 0 Å². The van der Waals surface area contributed by atoms with Gasteiger partial charge in [-0.2, -0.15) is 0 Å². The van der Waals surface area contributed by atoms with Crippen LogP contribution in [0.2, 0.25) is 25.7 Å². The number of ether oxygens (including phenoxy) is 1. The Morgan fingerprint density at radius 1 is 1.16 bits per heavy atom. The summed E-state index contributed by atoms with van der Waals surface area (Å²) in [5.41, 5.74) is 1.13. The smallest absolute Gasteiger partial charge is 0.141 e. The van der Waals surface area contributed by atoms with Crippen LogP contribution in [0.1, 0.15) is 0 Å². The Bertz CT molecular complexity index is 502. The van der Waals surface area contributed by atoms with E-state index in [0.29, 0.717) is 6.73 Å². The molecule has 0 amide bonds. The van der Waals surface area contributed by atoms with Crippen LogP contribution in [-0.4, -0.2) is 24.2 Å². The van der Waals surface area contributed by atoms with Crippen LogP contribution < -0.4 is 0 Å². The summed E-state index contributed by atoms with van der Waals surface area (Å²) in [5.74, 6) is 0.966. The summed E-state index contributed by atoms with van der Waals surface area (Å²) in [6, 6.07) is 11.4. The summed E-state index contributed by atoms with van der Waals surface area (Å²) in [6.45, 7) is 8.51. The topological polar surface area (TPSA) is 27.1 Å². The Morgan fingerprint density at radius 2 is 1.89 bits per heavy atom. The number of hydrogen-bond donors (Lipinski definition) is 0. The minimum atomic E-state index is -1.01. The van der Waals surface area contributed by atoms with Crippen molar-refractivity contribution in [2.75, 3.05) is 6.61 Å². The number of nitrogens with zero attached hydrogens (tertiary/aromatic N) is 2. The van der Waals surface area contributed by atoms with Gasteiger partial charge in [0.1, 0.15) is 12.6 Å². The van der Waals surface area contributed by atoms with E-state index < -0.39 is 8.07 Å². The third kappa shape index (κ3) is 4.33. The third-order valence-corrected chi connectivity index (χ3v) is 4.68. The molecule has 0 radical (unpaired) electrons. The van der Waals surface area contributed by atoms with Gasteiger partial charge in [0.05, 0.1) is 0 Å². The maximum Gasteiger partial charge on any atom is 0.141 e. The van der Waals surface area contributed by atoms with Crippen LogP contribution >= 0.6 is 0 Å². The molecule has 1 aromatic carbocycles. The van der Waals surface area contributed by atoms with E-state index in [2.05, 4.69) is 41.3 Å². The molecular weight excluding hydrogens is 252 g/mol. The summed E-state index contributed by atoms with van der Waals surface area (Å²) >= 11 is 0. The number of rotatable bonds is 6. The number of aromatic nitrogens is 2. The summed E-state index contributed by atoms with van der Waals surface area (Å²) in [7, 11) is -1.01. The molecule has 0 bridgehead atoms. The minimum Gasteiger partial charge on any atom is -0.361 e. The second kappa shape index (κ2) is 6.17. The van der Waals surface area contributed by atoms with Gasteiger partial charge in [0.2, 0.25) is 0 Å². The molecule has 0 N–H and O–H groups in total. The van der Waals surface area contributed by atoms with E-state index in [1.807, 2.05) is 30.6 Å². The van der Waals surface area contributed by atoms with Gasteiger partial charge >= 0.3 is 0 Å². The average Bonchev–Trinajstić information content (AvgIpc) is 2.83. The predicted molar refractivity (Wildman–Crippen MR) is 81.8 cm³/mol. The van der Waals surface area contributed by atoms with Gasteiger partial charge in [-0.15, -0.1) is 0 Å². The van der Waals surface area contributed by atoms with Gasteiger partial charge in [-0.1, -0.05) is 50.0 Å². The fourth-order valence-corrected chi connectivity index (χ4v) is 2.56. The highest BCUT2D eigenvalue weighted by atomic mass is 28.3. The van der Waals surface area contributed by atoms with Crippen LogP contribution in [0.25, 0.3) is 11.4 Å². The van der Waals surface area contributed by atoms with Gasteiger partial charge in [0.15, 0.2) is 0 Å². The van der Waals surface area contributed by atoms with E-state index in [0.717, 1.165) is 18.0 Å². The Labute approximate surface area is 116 Å². The normalized spacial score (nSPS) is 11.7. The lowest BCUT2D eigenvalue weighted by Crippen LogP contribution is -2.22. The van der Waals surface area contributed by atoms with E-state index in [1.165, 1.54) is 6.04 Å². The molecular formula is C15H22N2OSi. The van der Waals surface area contributed by atoms with Gasteiger partial charge in [-0.25, -0.2) is 4.98 Å². The fraction of sp³-hybridized carbons (Fsp3) is 0.400. The first-order valence-electron chi connectivity index (χ1n) is 6.70. The largest absolute Gasteiger partial charge is 0.361 e. The van der Waals surface area contributed by atoms with Crippen LogP contribution in [0.15, 0.2) is 42.7 Å². The van der Waals surface area contributed by atoms with E-state index in [9.17, 15) is 0 Å². The van der Waals surface area contributed by atoms with Crippen LogP contribution in [-0.2, 0) is 11.5 Å². The Kier molecular flexibility index (Phi) is 4.55. The van der Waals surface area contributed by atoms with Crippen molar-refractivity contribution in [3.05, 3.63) is 42.7 Å². The fourth-order valence-electron chi connectivity index (χ4n) is 1.80. The molecule has 3 nitrogen and oxygen atoms in total. The first-order chi connectivity index (χ1) is 9.06. The second-order valence-electron chi connectivity index (χ2n) is 5.93. The highest BCUT2D eigenvalue weighted by Gasteiger charge is 2.12. The molecule has 1 aromatic heterocycles. The third-order valence-electron chi connectivity index (χ3n) is 2.97. The SMILES string of the molecule is C[Si](C)(C)CCOCn1ccnc1-c1ccccc1. The lowest BCUT2D eigenvalue weighted by atomic mass is 10.2. The summed E-state index contributed by atoms with van der Waals surface area (Å²) in [5, 5.41) is 0. The van der Waals surface area contributed by atoms with Crippen molar-refractivity contribution < 1.29 is 4.74 Å². The van der Waals surface area contributed by atoms with Crippen LogP contribution in [0.3, 0.4) is 0 Å². The molecule has 0 aliphatic rings. The molecule has 0 spiro atoms. The Morgan fingerprint density at radius 3 is 2.58 bits per heavy atom. The van der Waals surface area contributed by atoms with Gasteiger partial charge in [-0.05, 0) is 6.04 Å². The molecule has 0 aliphatic carbocycles. The number of benzene rings is 1. The predicted octanol–water partition coefficient (Wildman–Crippen LogP) is 3.86. The first kappa shape index (κ1) is 14.0. The molecule has 0 aliphatic heterocycles. The second-order valence-corrected chi connectivity index (χ2v) is 11.6. The molecule has 0 unspecified atom stereocenters. The molecule has 2 aromatic rings. The maximum absolute atomic E-state index is 5.77. The standard InChI is InChI=1S/C15H22N2OSi/c1-19(2,3)12-11-18-13-17-10-9-16-15(17)14-7-5-4-6-8-14/h4-10H,11-13H2,1-3H3. The van der Waals surface area contributed by atoms with Crippen LogP contribution in [0.5, 0.6) is 0 Å². The van der Waals surface area contributed by atoms with Crippen molar-refractivity contribution in [1.82, 2.24) is 9.55 Å². The molecule has 0 fully saturated rings. The number of hydrogen-bond acceptors (Lipinski definition) is 2. The van der Waals surface area contributed by atoms with Crippen molar-refractivity contribution in [2.24, 2.45) is 0 Å². The molecule has 1 heterocycles. The number of imidazole rings is 1. The zero-order chi connectivity index (χ0) is 13.7. The Balaban J connectivity index is 1.94. The molecule has 0 atom stereocenters. The molecule has 19 heavy (non-hydrogen) atoms. The molecule has 102 valence electrons. The molecule has 4 heteroatoms. The monoisotopic (exact) mass is 274 g/mol. The maximum atomic E-state index is 5.77. The molecule has 0 saturated carbocycles. The Hall–Kier alpha value is -1.39. The lowest BCUT2D eigenvalue weighted by molar-refractivity contribution is 0.0883. The quantitative estimate of drug-likeness (QED) is 0.591. The highest BCUT2D eigenvalue weighted by molar-refractivity contribution is 6.76.